The highest BCUT2D eigenvalue weighted by molar-refractivity contribution is 5.76. The number of aromatic hydroxyl groups is 2. The van der Waals surface area contributed by atoms with Crippen molar-refractivity contribution in [2.75, 3.05) is 21.7 Å². The minimum absolute atomic E-state index is 0. The monoisotopic (exact) mass is 883 g/mol. The third-order valence-electron chi connectivity index (χ3n) is 10.1. The summed E-state index contributed by atoms with van der Waals surface area (Å²) in [6.45, 7) is 36.6. The molecule has 0 aromatic heterocycles. The summed E-state index contributed by atoms with van der Waals surface area (Å²) < 4.78 is 0. The van der Waals surface area contributed by atoms with Crippen LogP contribution in [-0.2, 0) is 5.54 Å². The Labute approximate surface area is 403 Å². The smallest absolute Gasteiger partial charge is 0.124 e. The molecule has 0 bridgehead atoms. The predicted octanol–water partition coefficient (Wildman–Crippen LogP) is 17.0. The Bertz CT molecular complexity index is 2070. The zero-order chi connectivity index (χ0) is 46.9. The Balaban J connectivity index is -0.000000274. The van der Waals surface area contributed by atoms with Crippen molar-refractivity contribution in [1.82, 2.24) is 0 Å². The molecule has 6 radical (unpaired) electrons. The number of phenolic OH excluding ortho intramolecular Hbond substituents is 2. The van der Waals surface area contributed by atoms with Crippen LogP contribution in [0.1, 0.15) is 134 Å². The first-order valence-electron chi connectivity index (χ1n) is 22.0. The van der Waals surface area contributed by atoms with Gasteiger partial charge < -0.3 is 31.9 Å². The predicted molar refractivity (Wildman–Crippen MR) is 298 cm³/mol. The van der Waals surface area contributed by atoms with E-state index in [2.05, 4.69) is 81.8 Å². The van der Waals surface area contributed by atoms with Crippen LogP contribution < -0.4 is 21.7 Å². The fourth-order valence-corrected chi connectivity index (χ4v) is 6.25. The summed E-state index contributed by atoms with van der Waals surface area (Å²) in [5.41, 5.74) is 21.3. The van der Waals surface area contributed by atoms with E-state index in [1.54, 1.807) is 0 Å². The molecule has 0 spiro atoms. The molecule has 6 aromatic carbocycles. The molecule has 0 saturated carbocycles. The number of nitrogens with two attached hydrogens (primary N) is 1. The first-order valence-corrected chi connectivity index (χ1v) is 22.0. The van der Waals surface area contributed by atoms with Gasteiger partial charge in [0.15, 0.2) is 0 Å². The molecule has 0 atom stereocenters. The van der Waals surface area contributed by atoms with Crippen molar-refractivity contribution in [3.05, 3.63) is 165 Å². The van der Waals surface area contributed by atoms with Crippen LogP contribution in [-0.4, -0.2) is 27.0 Å². The lowest BCUT2D eigenvalue weighted by Crippen LogP contribution is -2.29. The molecule has 65 heavy (non-hydrogen) atoms. The second-order valence-electron chi connectivity index (χ2n) is 14.2. The lowest BCUT2D eigenvalue weighted by molar-refractivity contribution is 0.443. The molecule has 354 valence electrons. The van der Waals surface area contributed by atoms with Gasteiger partial charge in [0.25, 0.3) is 0 Å². The van der Waals surface area contributed by atoms with E-state index in [0.29, 0.717) is 11.5 Å². The van der Waals surface area contributed by atoms with Gasteiger partial charge in [-0.25, -0.2) is 0 Å². The molecule has 7 N–H and O–H groups in total. The minimum Gasteiger partial charge on any atom is -0.508 e. The SMILES string of the molecule is C.C.CC.CC.CC.CC.Cc1c(C)c(C)c(C(C)(C)Nc2ccc(Nc3ccccc3)cc2)c(O)c1C.Cc1cc(O)c(C)c(C)c1C.Nc1ccc(Nc2ccccc2)cc1.[B].[B]. The van der Waals surface area contributed by atoms with E-state index < -0.39 is 5.54 Å². The summed E-state index contributed by atoms with van der Waals surface area (Å²) in [7, 11) is 0. The van der Waals surface area contributed by atoms with Gasteiger partial charge in [-0.3, -0.25) is 0 Å². The van der Waals surface area contributed by atoms with Crippen molar-refractivity contribution >= 4 is 51.0 Å². The van der Waals surface area contributed by atoms with E-state index in [1.807, 2.05) is 174 Å². The molecule has 0 amide bonds. The average molecular weight is 883 g/mol. The number of aryl methyl sites for hydroxylation is 1. The number of rotatable bonds is 7. The highest BCUT2D eigenvalue weighted by atomic mass is 16.3. The molecule has 6 nitrogen and oxygen atoms in total. The Morgan fingerprint density at radius 2 is 0.738 bits per heavy atom. The number of nitrogens with one attached hydrogen (secondary N) is 3. The van der Waals surface area contributed by atoms with Crippen molar-refractivity contribution in [2.45, 2.75) is 145 Å². The topological polar surface area (TPSA) is 103 Å². The lowest BCUT2D eigenvalue weighted by Gasteiger charge is -2.32. The van der Waals surface area contributed by atoms with Crippen LogP contribution in [0.15, 0.2) is 115 Å². The number of nitrogen functional groups attached to an aromatic ring is 1. The Kier molecular flexibility index (Phi) is 37.4. The van der Waals surface area contributed by atoms with Crippen LogP contribution in [0.5, 0.6) is 11.5 Å². The van der Waals surface area contributed by atoms with Crippen molar-refractivity contribution in [2.24, 2.45) is 0 Å². The zero-order valence-corrected chi connectivity index (χ0v) is 42.1. The van der Waals surface area contributed by atoms with Crippen LogP contribution in [0.25, 0.3) is 0 Å². The first-order chi connectivity index (χ1) is 29.1. The van der Waals surface area contributed by atoms with E-state index in [0.717, 1.165) is 67.5 Å². The maximum Gasteiger partial charge on any atom is 0.124 e. The normalized spacial score (nSPS) is 9.08. The molecular weight excluding hydrogens is 794 g/mol. The summed E-state index contributed by atoms with van der Waals surface area (Å²) in [6.07, 6.45) is 0. The van der Waals surface area contributed by atoms with Crippen molar-refractivity contribution in [3.8, 4) is 11.5 Å². The molecule has 0 saturated heterocycles. The number of hydrogen-bond acceptors (Lipinski definition) is 6. The van der Waals surface area contributed by atoms with E-state index in [-0.39, 0.29) is 31.7 Å². The second kappa shape index (κ2) is 35.6. The Hall–Kier alpha value is -5.75. The Morgan fingerprint density at radius 3 is 1.14 bits per heavy atom. The molecule has 8 heteroatoms. The first kappa shape index (κ1) is 68.3. The second-order valence-corrected chi connectivity index (χ2v) is 14.2. The van der Waals surface area contributed by atoms with Crippen molar-refractivity contribution in [1.29, 1.82) is 0 Å². The maximum absolute atomic E-state index is 10.9. The third kappa shape index (κ3) is 21.2. The van der Waals surface area contributed by atoms with Crippen molar-refractivity contribution in [3.63, 3.8) is 0 Å². The maximum atomic E-state index is 10.9. The van der Waals surface area contributed by atoms with Crippen LogP contribution in [0, 0.1) is 55.4 Å². The third-order valence-corrected chi connectivity index (χ3v) is 10.1. The van der Waals surface area contributed by atoms with Gasteiger partial charge >= 0.3 is 0 Å². The fourth-order valence-electron chi connectivity index (χ4n) is 6.25. The molecule has 0 aliphatic rings. The lowest BCUT2D eigenvalue weighted by atomic mass is 9.83. The average Bonchev–Trinajstić information content (AvgIpc) is 3.29. The van der Waals surface area contributed by atoms with Gasteiger partial charge in [0.05, 0.1) is 5.54 Å². The molecule has 0 fully saturated rings. The summed E-state index contributed by atoms with van der Waals surface area (Å²) in [6, 6.07) is 37.9. The molecule has 0 unspecified atom stereocenters. The highest BCUT2D eigenvalue weighted by Gasteiger charge is 2.28. The number of anilines is 6. The number of para-hydroxylation sites is 2. The van der Waals surface area contributed by atoms with Gasteiger partial charge in [0.2, 0.25) is 0 Å². The largest absolute Gasteiger partial charge is 0.508 e. The molecule has 0 aliphatic carbocycles. The summed E-state index contributed by atoms with van der Waals surface area (Å²) in [5.74, 6) is 0.797. The van der Waals surface area contributed by atoms with Gasteiger partial charge in [-0.05, 0) is 193 Å². The summed E-state index contributed by atoms with van der Waals surface area (Å²) in [4.78, 5) is 0. The van der Waals surface area contributed by atoms with E-state index >= 15 is 0 Å². The Morgan fingerprint density at radius 1 is 0.415 bits per heavy atom. The van der Waals surface area contributed by atoms with Crippen LogP contribution >= 0.6 is 0 Å². The minimum atomic E-state index is -0.411. The standard InChI is InChI=1S/C25H30N2O.C12H12N2.C10H14O.4C2H6.2CH4.2B/c1-16-17(2)19(4)24(28)23(18(16)3)25(5,6)27-22-14-12-21(13-15-22)26-20-10-8-7-9-11-20;13-10-6-8-12(9-7-10)14-11-4-2-1-3-5-11;1-6-5-10(11)9(4)8(3)7(6)2;4*1-2;;;;/h7-15,26-28H,1-6H3;1-9,14H,13H2;5,11H,1-4H3;4*1-2H3;2*1H4;;. The van der Waals surface area contributed by atoms with Gasteiger partial charge in [0, 0.05) is 56.5 Å². The molecule has 6 rings (SSSR count). The molecule has 0 heterocycles. The van der Waals surface area contributed by atoms with Gasteiger partial charge in [-0.15, -0.1) is 0 Å². The number of hydrogen-bond donors (Lipinski definition) is 6. The van der Waals surface area contributed by atoms with E-state index in [9.17, 15) is 10.2 Å². The van der Waals surface area contributed by atoms with E-state index in [4.69, 9.17) is 5.73 Å². The molecule has 0 aliphatic heterocycles. The number of phenols is 2. The summed E-state index contributed by atoms with van der Waals surface area (Å²) >= 11 is 0. The van der Waals surface area contributed by atoms with E-state index in [1.165, 1.54) is 16.7 Å². The quantitative estimate of drug-likeness (QED) is 0.0705. The van der Waals surface area contributed by atoms with Crippen molar-refractivity contribution < 1.29 is 10.2 Å². The number of benzene rings is 6. The fraction of sp³-hybridized carbons (Fsp3) is 0.368. The molecular formula is C57H88B2N4O2. The van der Waals surface area contributed by atoms with Gasteiger partial charge in [0.1, 0.15) is 11.5 Å². The van der Waals surface area contributed by atoms with Crippen LogP contribution in [0.3, 0.4) is 0 Å². The highest BCUT2D eigenvalue weighted by Crippen LogP contribution is 2.40. The van der Waals surface area contributed by atoms with Crippen LogP contribution in [0.4, 0.5) is 34.1 Å². The summed E-state index contributed by atoms with van der Waals surface area (Å²) in [5, 5.41) is 30.5. The van der Waals surface area contributed by atoms with Crippen LogP contribution in [0.2, 0.25) is 0 Å². The van der Waals surface area contributed by atoms with Gasteiger partial charge in [-0.1, -0.05) is 107 Å². The van der Waals surface area contributed by atoms with Gasteiger partial charge in [-0.2, -0.15) is 0 Å². The molecule has 6 aromatic rings. The zero-order valence-electron chi connectivity index (χ0n) is 42.1.